The maximum absolute atomic E-state index is 12.4. The molecule has 4 rings (SSSR count). The third kappa shape index (κ3) is 3.57. The maximum atomic E-state index is 12.4. The lowest BCUT2D eigenvalue weighted by Gasteiger charge is -2.44. The highest BCUT2D eigenvalue weighted by Crippen LogP contribution is 2.46. The summed E-state index contributed by atoms with van der Waals surface area (Å²) in [4.78, 5) is 25.1. The predicted molar refractivity (Wildman–Crippen MR) is 123 cm³/mol. The lowest BCUT2D eigenvalue weighted by atomic mass is 9.71. The Labute approximate surface area is 183 Å². The third-order valence-corrected chi connectivity index (χ3v) is 6.81. The van der Waals surface area contributed by atoms with Crippen LogP contribution in [0.4, 0.5) is 17.1 Å². The van der Waals surface area contributed by atoms with Crippen molar-refractivity contribution in [3.8, 4) is 5.75 Å². The van der Waals surface area contributed by atoms with Crippen LogP contribution in [0.5, 0.6) is 5.75 Å². The minimum absolute atomic E-state index is 0.0679. The Hall–Kier alpha value is -2.48. The standard InChI is InChI=1S/C22H22ClN3O3S/c1-26(2)30-21-14(23)9-10-15(18(21)27)24-16-17(20(29)19(16)28)25-22(11-6-12-22)13-7-4-3-5-8-13/h3-5,7-10,24-25,27H,6,11-12H2,1-2H3. The summed E-state index contributed by atoms with van der Waals surface area (Å²) in [7, 11) is 3.67. The highest BCUT2D eigenvalue weighted by Gasteiger charge is 2.41. The Kier molecular flexibility index (Phi) is 5.53. The molecule has 0 amide bonds. The minimum Gasteiger partial charge on any atom is -0.505 e. The van der Waals surface area contributed by atoms with E-state index in [1.807, 2.05) is 44.4 Å². The lowest BCUT2D eigenvalue weighted by molar-refractivity contribution is 0.284. The van der Waals surface area contributed by atoms with Crippen molar-refractivity contribution in [2.75, 3.05) is 24.7 Å². The molecule has 3 aromatic rings. The summed E-state index contributed by atoms with van der Waals surface area (Å²) in [6.45, 7) is 0. The molecular weight excluding hydrogens is 422 g/mol. The summed E-state index contributed by atoms with van der Waals surface area (Å²) >= 11 is 7.48. The van der Waals surface area contributed by atoms with Gasteiger partial charge < -0.3 is 15.7 Å². The van der Waals surface area contributed by atoms with Crippen molar-refractivity contribution in [2.24, 2.45) is 0 Å². The minimum atomic E-state index is -0.601. The summed E-state index contributed by atoms with van der Waals surface area (Å²) in [6, 6.07) is 13.2. The fourth-order valence-electron chi connectivity index (χ4n) is 3.69. The van der Waals surface area contributed by atoms with Crippen LogP contribution in [0.15, 0.2) is 56.9 Å². The van der Waals surface area contributed by atoms with Crippen LogP contribution in [-0.2, 0) is 5.54 Å². The molecule has 0 bridgehead atoms. The van der Waals surface area contributed by atoms with Gasteiger partial charge in [0.25, 0.3) is 10.9 Å². The molecule has 1 aliphatic rings. The molecule has 3 N–H and O–H groups in total. The van der Waals surface area contributed by atoms with Gasteiger partial charge in [-0.25, -0.2) is 0 Å². The summed E-state index contributed by atoms with van der Waals surface area (Å²) in [6.07, 6.45) is 2.80. The van der Waals surface area contributed by atoms with Gasteiger partial charge in [0, 0.05) is 0 Å². The average Bonchev–Trinajstić information content (AvgIpc) is 2.71. The van der Waals surface area contributed by atoms with Crippen molar-refractivity contribution >= 4 is 40.6 Å². The molecule has 0 aliphatic heterocycles. The first-order valence-corrected chi connectivity index (χ1v) is 10.8. The van der Waals surface area contributed by atoms with E-state index in [2.05, 4.69) is 10.6 Å². The molecule has 0 heterocycles. The third-order valence-electron chi connectivity index (χ3n) is 5.43. The number of rotatable bonds is 7. The molecule has 0 spiro atoms. The second kappa shape index (κ2) is 7.98. The Morgan fingerprint density at radius 2 is 1.70 bits per heavy atom. The van der Waals surface area contributed by atoms with E-state index in [0.29, 0.717) is 15.6 Å². The summed E-state index contributed by atoms with van der Waals surface area (Å²) in [5.74, 6) is -0.0679. The van der Waals surface area contributed by atoms with Gasteiger partial charge in [-0.2, -0.15) is 0 Å². The van der Waals surface area contributed by atoms with Gasteiger partial charge in [0.2, 0.25) is 0 Å². The highest BCUT2D eigenvalue weighted by molar-refractivity contribution is 7.97. The average molecular weight is 444 g/mol. The number of halogens is 1. The molecule has 0 aromatic heterocycles. The van der Waals surface area contributed by atoms with E-state index < -0.39 is 10.9 Å². The van der Waals surface area contributed by atoms with Gasteiger partial charge in [-0.15, -0.1) is 0 Å². The van der Waals surface area contributed by atoms with E-state index in [-0.39, 0.29) is 22.7 Å². The molecule has 1 saturated carbocycles. The number of anilines is 3. The number of nitrogens with one attached hydrogen (secondary N) is 2. The lowest BCUT2D eigenvalue weighted by Crippen LogP contribution is -2.47. The number of aromatic hydroxyl groups is 1. The molecule has 1 aliphatic carbocycles. The van der Waals surface area contributed by atoms with Crippen LogP contribution in [-0.4, -0.2) is 23.5 Å². The number of phenolic OH excluding ortho intramolecular Hbond substituents is 1. The number of hydrogen-bond donors (Lipinski definition) is 3. The fraction of sp³-hybridized carbons (Fsp3) is 0.273. The molecule has 0 saturated heterocycles. The van der Waals surface area contributed by atoms with E-state index in [1.165, 1.54) is 11.9 Å². The Balaban J connectivity index is 1.65. The second-order valence-electron chi connectivity index (χ2n) is 7.64. The van der Waals surface area contributed by atoms with Crippen molar-refractivity contribution in [3.63, 3.8) is 0 Å². The fourth-order valence-corrected chi connectivity index (χ4v) is 4.67. The second-order valence-corrected chi connectivity index (χ2v) is 9.36. The van der Waals surface area contributed by atoms with Gasteiger partial charge in [-0.1, -0.05) is 41.9 Å². The van der Waals surface area contributed by atoms with Crippen LogP contribution in [0.1, 0.15) is 24.8 Å². The monoisotopic (exact) mass is 443 g/mol. The number of benzene rings is 2. The Morgan fingerprint density at radius 3 is 2.30 bits per heavy atom. The topological polar surface area (TPSA) is 81.7 Å². The van der Waals surface area contributed by atoms with Gasteiger partial charge in [-0.05, 0) is 63.0 Å². The predicted octanol–water partition coefficient (Wildman–Crippen LogP) is 4.45. The first-order chi connectivity index (χ1) is 14.3. The van der Waals surface area contributed by atoms with Crippen LogP contribution in [0, 0.1) is 0 Å². The van der Waals surface area contributed by atoms with Crippen LogP contribution < -0.4 is 21.5 Å². The van der Waals surface area contributed by atoms with Crippen molar-refractivity contribution < 1.29 is 5.11 Å². The smallest absolute Gasteiger partial charge is 0.253 e. The quantitative estimate of drug-likeness (QED) is 0.283. The highest BCUT2D eigenvalue weighted by atomic mass is 35.5. The van der Waals surface area contributed by atoms with Crippen molar-refractivity contribution in [2.45, 2.75) is 29.7 Å². The molecule has 3 aromatic carbocycles. The zero-order valence-corrected chi connectivity index (χ0v) is 18.2. The Morgan fingerprint density at radius 1 is 1.03 bits per heavy atom. The molecule has 30 heavy (non-hydrogen) atoms. The molecule has 8 heteroatoms. The largest absolute Gasteiger partial charge is 0.505 e. The zero-order valence-electron chi connectivity index (χ0n) is 16.7. The normalized spacial score (nSPS) is 15.2. The molecule has 0 atom stereocenters. The summed E-state index contributed by atoms with van der Waals surface area (Å²) in [5, 5.41) is 17.3. The molecule has 1 fully saturated rings. The molecule has 0 radical (unpaired) electrons. The maximum Gasteiger partial charge on any atom is 0.253 e. The van der Waals surface area contributed by atoms with E-state index in [1.54, 1.807) is 16.4 Å². The summed E-state index contributed by atoms with van der Waals surface area (Å²) < 4.78 is 1.80. The van der Waals surface area contributed by atoms with E-state index in [0.717, 1.165) is 24.8 Å². The zero-order chi connectivity index (χ0) is 21.5. The van der Waals surface area contributed by atoms with Gasteiger partial charge in [0.05, 0.1) is 21.1 Å². The van der Waals surface area contributed by atoms with Crippen LogP contribution in [0.2, 0.25) is 5.02 Å². The molecule has 6 nitrogen and oxygen atoms in total. The van der Waals surface area contributed by atoms with Crippen LogP contribution in [0.3, 0.4) is 0 Å². The van der Waals surface area contributed by atoms with Gasteiger partial charge in [-0.3, -0.25) is 13.9 Å². The van der Waals surface area contributed by atoms with E-state index in [9.17, 15) is 14.7 Å². The number of nitrogens with zero attached hydrogens (tertiary/aromatic N) is 1. The number of phenols is 1. The SMILES string of the molecule is CN(C)Sc1c(Cl)ccc(Nc2c(NC3(c4ccccc4)CCC3)c(=O)c2=O)c1O. The van der Waals surface area contributed by atoms with Gasteiger partial charge in [0.15, 0.2) is 5.75 Å². The molecule has 156 valence electrons. The first kappa shape index (κ1) is 20.8. The molecule has 0 unspecified atom stereocenters. The van der Waals surface area contributed by atoms with E-state index in [4.69, 9.17) is 11.6 Å². The van der Waals surface area contributed by atoms with Gasteiger partial charge >= 0.3 is 0 Å². The van der Waals surface area contributed by atoms with Crippen molar-refractivity contribution in [1.82, 2.24) is 4.31 Å². The van der Waals surface area contributed by atoms with E-state index >= 15 is 0 Å². The van der Waals surface area contributed by atoms with Crippen LogP contribution in [0.25, 0.3) is 0 Å². The number of hydrogen-bond acceptors (Lipinski definition) is 7. The molecular formula is C22H22ClN3O3S. The first-order valence-electron chi connectivity index (χ1n) is 9.63. The van der Waals surface area contributed by atoms with Gasteiger partial charge in [0.1, 0.15) is 11.4 Å². The summed E-state index contributed by atoms with van der Waals surface area (Å²) in [5.41, 5.74) is 0.344. The van der Waals surface area contributed by atoms with Crippen molar-refractivity contribution in [1.29, 1.82) is 0 Å². The Bertz CT molecular complexity index is 1150. The van der Waals surface area contributed by atoms with Crippen LogP contribution >= 0.6 is 23.5 Å². The van der Waals surface area contributed by atoms with Crippen molar-refractivity contribution in [3.05, 3.63) is 73.5 Å².